The molecule has 11 heteroatoms. The number of imidazole rings is 1. The van der Waals surface area contributed by atoms with Gasteiger partial charge in [0.05, 0.1) is 17.9 Å². The Balaban J connectivity index is 1.46. The van der Waals surface area contributed by atoms with Gasteiger partial charge in [0.25, 0.3) is 11.8 Å². The summed E-state index contributed by atoms with van der Waals surface area (Å²) in [7, 11) is 0. The molecule has 1 N–H and O–H groups in total. The summed E-state index contributed by atoms with van der Waals surface area (Å²) in [6, 6.07) is 2.24. The van der Waals surface area contributed by atoms with Gasteiger partial charge in [0, 0.05) is 18.5 Å². The van der Waals surface area contributed by atoms with Crippen molar-refractivity contribution in [2.75, 3.05) is 0 Å². The van der Waals surface area contributed by atoms with Gasteiger partial charge < -0.3 is 14.3 Å². The van der Waals surface area contributed by atoms with Crippen LogP contribution in [0, 0.1) is 5.92 Å². The largest absolute Gasteiger partial charge is 0.422 e. The van der Waals surface area contributed by atoms with Crippen molar-refractivity contribution in [1.82, 2.24) is 35.0 Å². The number of hydrogen-bond acceptors (Lipinski definition) is 8. The highest BCUT2D eigenvalue weighted by molar-refractivity contribution is 7.17. The molecule has 4 aromatic heterocycles. The minimum absolute atomic E-state index is 0.0560. The van der Waals surface area contributed by atoms with E-state index in [1.807, 2.05) is 6.07 Å². The van der Waals surface area contributed by atoms with Crippen LogP contribution >= 0.6 is 22.9 Å². The zero-order valence-corrected chi connectivity index (χ0v) is 19.9. The second kappa shape index (κ2) is 9.18. The van der Waals surface area contributed by atoms with E-state index in [4.69, 9.17) is 21.0 Å². The van der Waals surface area contributed by atoms with Crippen LogP contribution in [0.25, 0.3) is 22.6 Å². The summed E-state index contributed by atoms with van der Waals surface area (Å²) in [4.78, 5) is 26.1. The molecule has 0 unspecified atom stereocenters. The molecule has 172 valence electrons. The second-order valence-electron chi connectivity index (χ2n) is 8.76. The number of hydrogen-bond donors (Lipinski definition) is 1. The maximum atomic E-state index is 12.6. The van der Waals surface area contributed by atoms with Crippen molar-refractivity contribution < 1.29 is 9.21 Å². The average molecular weight is 486 g/mol. The number of halogens is 1. The van der Waals surface area contributed by atoms with Crippen molar-refractivity contribution in [2.45, 2.75) is 58.0 Å². The summed E-state index contributed by atoms with van der Waals surface area (Å²) in [6.07, 6.45) is 9.21. The van der Waals surface area contributed by atoms with Crippen LogP contribution in [0.15, 0.2) is 29.3 Å². The lowest BCUT2D eigenvalue weighted by atomic mass is 9.90. The summed E-state index contributed by atoms with van der Waals surface area (Å²) < 4.78 is 8.19. The maximum Gasteiger partial charge on any atom is 0.280 e. The van der Waals surface area contributed by atoms with Crippen molar-refractivity contribution in [3.8, 4) is 11.6 Å². The van der Waals surface area contributed by atoms with Gasteiger partial charge in [-0.15, -0.1) is 10.2 Å². The molecule has 1 aliphatic rings. The Morgan fingerprint density at radius 1 is 1.33 bits per heavy atom. The van der Waals surface area contributed by atoms with Crippen LogP contribution in [-0.2, 0) is 6.42 Å². The topological polar surface area (TPSA) is 112 Å². The molecule has 4 heterocycles. The highest BCUT2D eigenvalue weighted by Gasteiger charge is 2.29. The van der Waals surface area contributed by atoms with Gasteiger partial charge in [-0.1, -0.05) is 36.8 Å². The number of amides is 1. The number of nitrogens with one attached hydrogen (secondary N) is 1. The third kappa shape index (κ3) is 4.63. The number of carbonyl (C=O) groups is 1. The van der Waals surface area contributed by atoms with Gasteiger partial charge in [0.2, 0.25) is 6.39 Å². The van der Waals surface area contributed by atoms with E-state index in [9.17, 15) is 4.79 Å². The number of rotatable bonds is 6. The van der Waals surface area contributed by atoms with Crippen LogP contribution in [0.3, 0.4) is 0 Å². The molecule has 9 nitrogen and oxygen atoms in total. The van der Waals surface area contributed by atoms with Crippen LogP contribution < -0.4 is 5.32 Å². The fraction of sp³-hybridized carbons (Fsp3) is 0.455. The Kier molecular flexibility index (Phi) is 6.11. The molecule has 0 aromatic carbocycles. The maximum absolute atomic E-state index is 12.6. The minimum Gasteiger partial charge on any atom is -0.422 e. The molecular formula is C22H24ClN7O2S. The van der Waals surface area contributed by atoms with E-state index in [-0.39, 0.29) is 18.0 Å². The smallest absolute Gasteiger partial charge is 0.280 e. The molecule has 4 aromatic rings. The molecule has 0 aliphatic heterocycles. The molecule has 33 heavy (non-hydrogen) atoms. The first-order valence-corrected chi connectivity index (χ1v) is 12.2. The van der Waals surface area contributed by atoms with Gasteiger partial charge in [0.1, 0.15) is 21.4 Å². The Bertz CT molecular complexity index is 1270. The van der Waals surface area contributed by atoms with Crippen molar-refractivity contribution in [3.05, 3.63) is 40.0 Å². The lowest BCUT2D eigenvalue weighted by molar-refractivity contribution is 0.0920. The summed E-state index contributed by atoms with van der Waals surface area (Å²) in [6.45, 7) is 4.38. The number of carbonyl (C=O) groups excluding carboxylic acids is 1. The van der Waals surface area contributed by atoms with E-state index in [2.05, 4.69) is 43.9 Å². The fourth-order valence-corrected chi connectivity index (χ4v) is 5.32. The van der Waals surface area contributed by atoms with Crippen LogP contribution in [0.1, 0.15) is 61.2 Å². The number of pyridine rings is 1. The van der Waals surface area contributed by atoms with Gasteiger partial charge in [-0.2, -0.15) is 0 Å². The van der Waals surface area contributed by atoms with E-state index < -0.39 is 0 Å². The fourth-order valence-electron chi connectivity index (χ4n) is 4.50. The Hall–Kier alpha value is -2.85. The summed E-state index contributed by atoms with van der Waals surface area (Å²) >= 11 is 7.14. The third-order valence-electron chi connectivity index (χ3n) is 5.84. The van der Waals surface area contributed by atoms with E-state index in [0.29, 0.717) is 26.8 Å². The second-order valence-corrected chi connectivity index (χ2v) is 10.4. The lowest BCUT2D eigenvalue weighted by Crippen LogP contribution is -2.39. The molecule has 1 aliphatic carbocycles. The van der Waals surface area contributed by atoms with Gasteiger partial charge in [0.15, 0.2) is 5.01 Å². The Morgan fingerprint density at radius 3 is 2.94 bits per heavy atom. The van der Waals surface area contributed by atoms with E-state index >= 15 is 0 Å². The quantitative estimate of drug-likeness (QED) is 0.421. The summed E-state index contributed by atoms with van der Waals surface area (Å²) in [5, 5.41) is 11.3. The normalized spacial score (nSPS) is 18.8. The molecule has 0 saturated heterocycles. The zero-order valence-electron chi connectivity index (χ0n) is 18.4. The predicted molar refractivity (Wildman–Crippen MR) is 125 cm³/mol. The Morgan fingerprint density at radius 2 is 2.21 bits per heavy atom. The first kappa shape index (κ1) is 22.0. The first-order valence-electron chi connectivity index (χ1n) is 11.0. The van der Waals surface area contributed by atoms with Crippen LogP contribution in [0.4, 0.5) is 0 Å². The molecule has 2 atom stereocenters. The van der Waals surface area contributed by atoms with Crippen LogP contribution in [0.5, 0.6) is 0 Å². The number of thiazole rings is 1. The van der Waals surface area contributed by atoms with Gasteiger partial charge in [-0.3, -0.25) is 4.79 Å². The molecule has 1 amide bonds. The molecule has 0 bridgehead atoms. The summed E-state index contributed by atoms with van der Waals surface area (Å²) in [5.74, 6) is 1.70. The highest BCUT2D eigenvalue weighted by atomic mass is 35.5. The van der Waals surface area contributed by atoms with Gasteiger partial charge in [-0.05, 0) is 37.7 Å². The SMILES string of the molecule is CC(C)Cc1nc2cnc(-c3nnco3)cc2n1[C@@H]1CCC[C@H](NC(=O)c2ncc(Cl)s2)C1. The Labute approximate surface area is 199 Å². The van der Waals surface area contributed by atoms with E-state index in [1.54, 1.807) is 6.20 Å². The van der Waals surface area contributed by atoms with E-state index in [1.165, 1.54) is 23.9 Å². The van der Waals surface area contributed by atoms with Crippen LogP contribution in [0.2, 0.25) is 4.34 Å². The van der Waals surface area contributed by atoms with Gasteiger partial charge in [-0.25, -0.2) is 15.0 Å². The lowest BCUT2D eigenvalue weighted by Gasteiger charge is -2.32. The number of nitrogens with zero attached hydrogens (tertiary/aromatic N) is 6. The van der Waals surface area contributed by atoms with Crippen molar-refractivity contribution >= 4 is 39.9 Å². The minimum atomic E-state index is -0.168. The molecular weight excluding hydrogens is 462 g/mol. The molecule has 5 rings (SSSR count). The van der Waals surface area contributed by atoms with E-state index in [0.717, 1.165) is 49.0 Å². The monoisotopic (exact) mass is 485 g/mol. The zero-order chi connectivity index (χ0) is 22.9. The van der Waals surface area contributed by atoms with Crippen LogP contribution in [-0.4, -0.2) is 41.7 Å². The van der Waals surface area contributed by atoms with Crippen molar-refractivity contribution in [2.24, 2.45) is 5.92 Å². The predicted octanol–water partition coefficient (Wildman–Crippen LogP) is 4.70. The molecule has 1 saturated carbocycles. The van der Waals surface area contributed by atoms with Gasteiger partial charge >= 0.3 is 0 Å². The highest BCUT2D eigenvalue weighted by Crippen LogP contribution is 2.34. The summed E-state index contributed by atoms with van der Waals surface area (Å²) in [5.41, 5.74) is 2.47. The number of fused-ring (bicyclic) bond motifs is 1. The van der Waals surface area contributed by atoms with Crippen molar-refractivity contribution in [3.63, 3.8) is 0 Å². The average Bonchev–Trinajstić information content (AvgIpc) is 3.52. The molecule has 1 fully saturated rings. The molecule has 0 spiro atoms. The number of aromatic nitrogens is 6. The molecule has 0 radical (unpaired) electrons. The third-order valence-corrected chi connectivity index (χ3v) is 6.95. The standard InChI is InChI=1S/C22H24ClN7O2S/c1-12(2)6-19-28-16-9-24-15(21-29-26-11-32-21)8-17(16)30(19)14-5-3-4-13(7-14)27-20(31)22-25-10-18(23)33-22/h8-14H,3-7H2,1-2H3,(H,27,31)/t13-,14+/m0/s1. The first-order chi connectivity index (χ1) is 16.0. The van der Waals surface area contributed by atoms with Crippen molar-refractivity contribution in [1.29, 1.82) is 0 Å².